The van der Waals surface area contributed by atoms with Crippen molar-refractivity contribution in [1.82, 2.24) is 38.6 Å². The first-order valence-electron chi connectivity index (χ1n) is 12.2. The molecule has 0 aliphatic carbocycles. The molecule has 39 heavy (non-hydrogen) atoms. The zero-order chi connectivity index (χ0) is 27.9. The number of benzene rings is 1. The molecule has 0 atom stereocenters. The van der Waals surface area contributed by atoms with Crippen molar-refractivity contribution in [3.8, 4) is 17.5 Å². The highest BCUT2D eigenvalue weighted by Crippen LogP contribution is 2.30. The first kappa shape index (κ1) is 26.2. The first-order valence-corrected chi connectivity index (χ1v) is 12.2. The van der Waals surface area contributed by atoms with E-state index in [4.69, 9.17) is 0 Å². The largest absolute Gasteiger partial charge is 0.416 e. The van der Waals surface area contributed by atoms with Crippen LogP contribution in [0.2, 0.25) is 0 Å². The zero-order valence-corrected chi connectivity index (χ0v) is 21.6. The van der Waals surface area contributed by atoms with Crippen LogP contribution in [0.25, 0.3) is 16.9 Å². The molecule has 1 aliphatic heterocycles. The van der Waals surface area contributed by atoms with E-state index in [2.05, 4.69) is 36.9 Å². The van der Waals surface area contributed by atoms with Gasteiger partial charge in [-0.05, 0) is 25.1 Å². The van der Waals surface area contributed by atoms with Gasteiger partial charge in [-0.3, -0.25) is 23.4 Å². The van der Waals surface area contributed by atoms with Crippen LogP contribution in [-0.4, -0.2) is 64.8 Å². The fraction of sp³-hybridized carbons (Fsp3) is 0.400. The molecule has 14 heteroatoms. The van der Waals surface area contributed by atoms with Crippen LogP contribution < -0.4 is 16.1 Å². The van der Waals surface area contributed by atoms with Crippen molar-refractivity contribution in [2.24, 2.45) is 14.1 Å². The molecule has 0 radical (unpaired) electrons. The van der Waals surface area contributed by atoms with E-state index in [-0.39, 0.29) is 12.2 Å². The predicted molar refractivity (Wildman–Crippen MR) is 138 cm³/mol. The molecule has 0 bridgehead atoms. The van der Waals surface area contributed by atoms with Gasteiger partial charge in [0, 0.05) is 46.8 Å². The van der Waals surface area contributed by atoms with Gasteiger partial charge in [0.1, 0.15) is 0 Å². The van der Waals surface area contributed by atoms with E-state index in [1.54, 1.807) is 30.8 Å². The molecule has 4 aromatic rings. The lowest BCUT2D eigenvalue weighted by Gasteiger charge is -2.34. The Morgan fingerprint density at radius 3 is 2.49 bits per heavy atom. The summed E-state index contributed by atoms with van der Waals surface area (Å²) >= 11 is 0. The normalized spacial score (nSPS) is 14.6. The van der Waals surface area contributed by atoms with E-state index < -0.39 is 23.0 Å². The molecule has 1 fully saturated rings. The van der Waals surface area contributed by atoms with Crippen molar-refractivity contribution in [3.63, 3.8) is 0 Å². The van der Waals surface area contributed by atoms with Crippen molar-refractivity contribution in [2.75, 3.05) is 31.1 Å². The maximum atomic E-state index is 13.1. The number of rotatable bonds is 5. The molecule has 0 spiro atoms. The number of hydrogen-bond donors (Lipinski definition) is 0. The van der Waals surface area contributed by atoms with Crippen molar-refractivity contribution >= 4 is 17.1 Å². The summed E-state index contributed by atoms with van der Waals surface area (Å²) in [5, 5.41) is 8.15. The second-order valence-corrected chi connectivity index (χ2v) is 9.27. The van der Waals surface area contributed by atoms with Gasteiger partial charge in [0.25, 0.3) is 5.56 Å². The summed E-state index contributed by atoms with van der Waals surface area (Å²) in [5.74, 6) is 6.41. The third kappa shape index (κ3) is 4.92. The molecule has 5 rings (SSSR count). The molecule has 3 aromatic heterocycles. The number of nitrogens with zero attached hydrogens (tertiary/aromatic N) is 9. The first-order chi connectivity index (χ1) is 18.6. The number of imidazole rings is 1. The number of piperazine rings is 1. The molecule has 1 saturated heterocycles. The van der Waals surface area contributed by atoms with Gasteiger partial charge in [0.15, 0.2) is 11.2 Å². The molecule has 0 N–H and O–H groups in total. The topological polar surface area (TPSA) is 99.0 Å². The summed E-state index contributed by atoms with van der Waals surface area (Å²) in [6, 6.07) is 4.94. The van der Waals surface area contributed by atoms with Gasteiger partial charge in [0.05, 0.1) is 29.7 Å². The second-order valence-electron chi connectivity index (χ2n) is 9.27. The standard InChI is InChI=1S/C25H26F3N9O2/c1-4-5-9-36-20-21(32(2)24(39)33(3)22(20)38)29-23(36)35-12-10-34(11-13-35)15-18-16-37(31-30-18)19-8-6-7-17(14-19)25(26,27)28/h6-8,14,16H,9-13,15H2,1-3H3. The van der Waals surface area contributed by atoms with E-state index in [1.807, 2.05) is 0 Å². The monoisotopic (exact) mass is 541 g/mol. The third-order valence-electron chi connectivity index (χ3n) is 6.76. The molecule has 0 unspecified atom stereocenters. The third-order valence-corrected chi connectivity index (χ3v) is 6.76. The van der Waals surface area contributed by atoms with E-state index >= 15 is 0 Å². The van der Waals surface area contributed by atoms with Crippen LogP contribution in [0, 0.1) is 11.8 Å². The van der Waals surface area contributed by atoms with Gasteiger partial charge in [0.2, 0.25) is 5.95 Å². The Balaban J connectivity index is 1.33. The highest BCUT2D eigenvalue weighted by Gasteiger charge is 2.31. The van der Waals surface area contributed by atoms with E-state index in [9.17, 15) is 22.8 Å². The maximum absolute atomic E-state index is 13.1. The van der Waals surface area contributed by atoms with Crippen LogP contribution in [0.3, 0.4) is 0 Å². The summed E-state index contributed by atoms with van der Waals surface area (Å²) in [6.07, 6.45) is -2.81. The molecular weight excluding hydrogens is 515 g/mol. The zero-order valence-electron chi connectivity index (χ0n) is 21.6. The molecule has 204 valence electrons. The molecule has 11 nitrogen and oxygen atoms in total. The Morgan fingerprint density at radius 2 is 1.79 bits per heavy atom. The van der Waals surface area contributed by atoms with Crippen molar-refractivity contribution in [2.45, 2.75) is 26.2 Å². The minimum absolute atomic E-state index is 0.259. The summed E-state index contributed by atoms with van der Waals surface area (Å²) in [6.45, 7) is 4.94. The van der Waals surface area contributed by atoms with Gasteiger partial charge >= 0.3 is 11.9 Å². The van der Waals surface area contributed by atoms with E-state index in [0.717, 1.165) is 16.7 Å². The van der Waals surface area contributed by atoms with Gasteiger partial charge in [-0.15, -0.1) is 11.0 Å². The lowest BCUT2D eigenvalue weighted by Crippen LogP contribution is -2.47. The molecule has 0 saturated carbocycles. The molecule has 4 heterocycles. The SMILES string of the molecule is CC#CCn1c(N2CCN(Cc3cn(-c4cccc(C(F)(F)F)c4)nn3)CC2)nc2c1c(=O)n(C)c(=O)n2C. The Kier molecular flexibility index (Phi) is 6.77. The fourth-order valence-electron chi connectivity index (χ4n) is 4.64. The summed E-state index contributed by atoms with van der Waals surface area (Å²) in [7, 11) is 3.02. The highest BCUT2D eigenvalue weighted by molar-refractivity contribution is 5.74. The molecule has 1 aromatic carbocycles. The number of alkyl halides is 3. The van der Waals surface area contributed by atoms with Crippen LogP contribution in [-0.2, 0) is 33.4 Å². The maximum Gasteiger partial charge on any atom is 0.416 e. The van der Waals surface area contributed by atoms with E-state index in [1.165, 1.54) is 22.4 Å². The molecule has 1 aliphatic rings. The second kappa shape index (κ2) is 10.1. The minimum atomic E-state index is -4.44. The minimum Gasteiger partial charge on any atom is -0.340 e. The number of fused-ring (bicyclic) bond motifs is 1. The van der Waals surface area contributed by atoms with Gasteiger partial charge < -0.3 is 4.90 Å². The van der Waals surface area contributed by atoms with Crippen molar-refractivity contribution < 1.29 is 13.2 Å². The lowest BCUT2D eigenvalue weighted by molar-refractivity contribution is -0.137. The molecular formula is C25H26F3N9O2. The number of aromatic nitrogens is 7. The Hall–Kier alpha value is -4.38. The number of aryl methyl sites for hydroxylation is 1. The smallest absolute Gasteiger partial charge is 0.340 e. The predicted octanol–water partition coefficient (Wildman–Crippen LogP) is 1.38. The molecule has 0 amide bonds. The lowest BCUT2D eigenvalue weighted by atomic mass is 10.2. The average molecular weight is 542 g/mol. The van der Waals surface area contributed by atoms with Crippen molar-refractivity contribution in [1.29, 1.82) is 0 Å². The summed E-state index contributed by atoms with van der Waals surface area (Å²) in [5.41, 5.74) is -0.0778. The van der Waals surface area contributed by atoms with Crippen molar-refractivity contribution in [3.05, 3.63) is 62.6 Å². The Bertz CT molecular complexity index is 1710. The van der Waals surface area contributed by atoms with Crippen LogP contribution in [0.4, 0.5) is 19.1 Å². The Morgan fingerprint density at radius 1 is 1.05 bits per heavy atom. The number of halogens is 3. The van der Waals surface area contributed by atoms with Gasteiger partial charge in [-0.25, -0.2) is 9.48 Å². The van der Waals surface area contributed by atoms with Crippen LogP contribution >= 0.6 is 0 Å². The van der Waals surface area contributed by atoms with Crippen LogP contribution in [0.1, 0.15) is 18.2 Å². The highest BCUT2D eigenvalue weighted by atomic mass is 19.4. The van der Waals surface area contributed by atoms with Crippen LogP contribution in [0.15, 0.2) is 40.1 Å². The Labute approximate surface area is 220 Å². The number of anilines is 1. The number of hydrogen-bond acceptors (Lipinski definition) is 7. The average Bonchev–Trinajstić information content (AvgIpc) is 3.55. The summed E-state index contributed by atoms with van der Waals surface area (Å²) in [4.78, 5) is 34.3. The quantitative estimate of drug-likeness (QED) is 0.352. The summed E-state index contributed by atoms with van der Waals surface area (Å²) < 4.78 is 44.7. The fourth-order valence-corrected chi connectivity index (χ4v) is 4.64. The van der Waals surface area contributed by atoms with Gasteiger partial charge in [-0.2, -0.15) is 18.2 Å². The van der Waals surface area contributed by atoms with E-state index in [0.29, 0.717) is 55.5 Å². The van der Waals surface area contributed by atoms with Crippen LogP contribution in [0.5, 0.6) is 0 Å². The van der Waals surface area contributed by atoms with Gasteiger partial charge in [-0.1, -0.05) is 17.2 Å².